The first kappa shape index (κ1) is 19.0. The van der Waals surface area contributed by atoms with Crippen molar-refractivity contribution in [1.29, 1.82) is 0 Å². The number of piperazine rings is 1. The number of aryl methyl sites for hydroxylation is 1. The highest BCUT2D eigenvalue weighted by Crippen LogP contribution is 2.23. The van der Waals surface area contributed by atoms with Crippen LogP contribution < -0.4 is 9.64 Å². The summed E-state index contributed by atoms with van der Waals surface area (Å²) in [5.74, 6) is 0.501. The molecule has 0 atom stereocenters. The van der Waals surface area contributed by atoms with Gasteiger partial charge >= 0.3 is 0 Å². The first-order chi connectivity index (χ1) is 14.0. The molecule has 4 rings (SSSR count). The first-order valence-electron chi connectivity index (χ1n) is 9.55. The van der Waals surface area contributed by atoms with Crippen molar-refractivity contribution in [1.82, 2.24) is 15.1 Å². The van der Waals surface area contributed by atoms with Crippen molar-refractivity contribution in [3.05, 3.63) is 65.6 Å². The average Bonchev–Trinajstić information content (AvgIpc) is 3.25. The molecular weight excluding hydrogens is 371 g/mol. The van der Waals surface area contributed by atoms with Gasteiger partial charge in [0.2, 0.25) is 0 Å². The number of H-pyrrole nitrogens is 1. The lowest BCUT2D eigenvalue weighted by molar-refractivity contribution is 0.0741. The molecule has 29 heavy (non-hydrogen) atoms. The second-order valence-electron chi connectivity index (χ2n) is 7.11. The summed E-state index contributed by atoms with van der Waals surface area (Å²) >= 11 is 0. The van der Waals surface area contributed by atoms with Crippen LogP contribution in [0.5, 0.6) is 5.75 Å². The lowest BCUT2D eigenvalue weighted by Gasteiger charge is -2.35. The van der Waals surface area contributed by atoms with Gasteiger partial charge in [-0.2, -0.15) is 5.10 Å². The minimum absolute atomic E-state index is 0.0723. The van der Waals surface area contributed by atoms with Crippen molar-refractivity contribution in [2.45, 2.75) is 6.92 Å². The summed E-state index contributed by atoms with van der Waals surface area (Å²) in [5.41, 5.74) is 3.53. The molecule has 6 nitrogen and oxygen atoms in total. The zero-order chi connectivity index (χ0) is 20.4. The number of hydrogen-bond donors (Lipinski definition) is 1. The van der Waals surface area contributed by atoms with Gasteiger partial charge in [0.05, 0.1) is 12.8 Å². The van der Waals surface area contributed by atoms with E-state index in [-0.39, 0.29) is 11.7 Å². The lowest BCUT2D eigenvalue weighted by atomic mass is 10.1. The number of rotatable bonds is 4. The third-order valence-electron chi connectivity index (χ3n) is 5.27. The molecule has 150 valence electrons. The van der Waals surface area contributed by atoms with Gasteiger partial charge in [0.15, 0.2) is 0 Å². The molecule has 0 unspecified atom stereocenters. The molecule has 1 fully saturated rings. The van der Waals surface area contributed by atoms with Crippen molar-refractivity contribution < 1.29 is 13.9 Å². The summed E-state index contributed by atoms with van der Waals surface area (Å²) in [7, 11) is 1.65. The van der Waals surface area contributed by atoms with Gasteiger partial charge in [-0.1, -0.05) is 0 Å². The Morgan fingerprint density at radius 2 is 1.79 bits per heavy atom. The number of benzene rings is 2. The number of methoxy groups -OCH3 is 1. The molecule has 1 aliphatic heterocycles. The minimum atomic E-state index is -0.254. The van der Waals surface area contributed by atoms with Crippen molar-refractivity contribution in [3.8, 4) is 17.0 Å². The largest absolute Gasteiger partial charge is 0.497 e. The molecule has 0 spiro atoms. The van der Waals surface area contributed by atoms with Crippen LogP contribution in [0.4, 0.5) is 10.1 Å². The van der Waals surface area contributed by atoms with E-state index in [2.05, 4.69) is 15.1 Å². The Balaban J connectivity index is 1.40. The van der Waals surface area contributed by atoms with Gasteiger partial charge in [-0.25, -0.2) is 4.39 Å². The number of nitrogens with one attached hydrogen (secondary N) is 1. The van der Waals surface area contributed by atoms with Crippen molar-refractivity contribution in [2.24, 2.45) is 0 Å². The number of aromatic amines is 1. The Morgan fingerprint density at radius 3 is 2.45 bits per heavy atom. The van der Waals surface area contributed by atoms with E-state index in [0.717, 1.165) is 30.1 Å². The number of anilines is 1. The zero-order valence-corrected chi connectivity index (χ0v) is 16.5. The fourth-order valence-electron chi connectivity index (χ4n) is 3.51. The summed E-state index contributed by atoms with van der Waals surface area (Å²) in [4.78, 5) is 16.9. The van der Waals surface area contributed by atoms with Crippen LogP contribution in [-0.4, -0.2) is 54.3 Å². The maximum Gasteiger partial charge on any atom is 0.272 e. The molecule has 0 bridgehead atoms. The molecule has 7 heteroatoms. The Labute approximate surface area is 168 Å². The van der Waals surface area contributed by atoms with Gasteiger partial charge in [0, 0.05) is 37.4 Å². The highest BCUT2D eigenvalue weighted by atomic mass is 19.1. The van der Waals surface area contributed by atoms with Gasteiger partial charge in [-0.05, 0) is 61.0 Å². The van der Waals surface area contributed by atoms with E-state index < -0.39 is 0 Å². The molecule has 1 N–H and O–H groups in total. The highest BCUT2D eigenvalue weighted by Gasteiger charge is 2.24. The Morgan fingerprint density at radius 1 is 1.07 bits per heavy atom. The number of aromatic nitrogens is 2. The molecule has 0 saturated carbocycles. The number of halogens is 1. The van der Waals surface area contributed by atoms with E-state index in [1.807, 2.05) is 29.2 Å². The Hall–Kier alpha value is -3.35. The van der Waals surface area contributed by atoms with Crippen LogP contribution in [0, 0.1) is 12.7 Å². The van der Waals surface area contributed by atoms with E-state index in [1.165, 1.54) is 6.07 Å². The lowest BCUT2D eigenvalue weighted by Crippen LogP contribution is -2.48. The van der Waals surface area contributed by atoms with Crippen LogP contribution in [0.15, 0.2) is 48.5 Å². The standard InChI is InChI=1S/C22H23FN4O2/c1-15-13-16(3-8-19(15)23)20-14-21(25-24-20)22(28)27-11-9-26(10-12-27)17-4-6-18(29-2)7-5-17/h3-8,13-14H,9-12H2,1-2H3,(H,24,25). The number of nitrogens with zero attached hydrogens (tertiary/aromatic N) is 3. The van der Waals surface area contributed by atoms with E-state index >= 15 is 0 Å². The number of carbonyl (C=O) groups is 1. The zero-order valence-electron chi connectivity index (χ0n) is 16.5. The highest BCUT2D eigenvalue weighted by molar-refractivity contribution is 5.93. The summed E-state index contributed by atoms with van der Waals surface area (Å²) in [6.07, 6.45) is 0. The van der Waals surface area contributed by atoms with Crippen LogP contribution >= 0.6 is 0 Å². The monoisotopic (exact) mass is 394 g/mol. The van der Waals surface area contributed by atoms with Gasteiger partial charge in [0.25, 0.3) is 5.91 Å². The molecule has 0 aliphatic carbocycles. The van der Waals surface area contributed by atoms with E-state index in [4.69, 9.17) is 4.74 Å². The van der Waals surface area contributed by atoms with E-state index in [9.17, 15) is 9.18 Å². The topological polar surface area (TPSA) is 61.5 Å². The minimum Gasteiger partial charge on any atom is -0.497 e. The van der Waals surface area contributed by atoms with Gasteiger partial charge in [0.1, 0.15) is 17.3 Å². The van der Waals surface area contributed by atoms with E-state index in [1.54, 1.807) is 32.2 Å². The maximum atomic E-state index is 13.5. The molecule has 2 aromatic carbocycles. The number of carbonyl (C=O) groups excluding carboxylic acids is 1. The number of amides is 1. The number of hydrogen-bond acceptors (Lipinski definition) is 4. The third kappa shape index (κ3) is 3.94. The Bertz CT molecular complexity index is 1010. The molecule has 1 saturated heterocycles. The second kappa shape index (κ2) is 7.95. The Kier molecular flexibility index (Phi) is 5.20. The van der Waals surface area contributed by atoms with Gasteiger partial charge in [-0.3, -0.25) is 9.89 Å². The maximum absolute atomic E-state index is 13.5. The SMILES string of the molecule is COc1ccc(N2CCN(C(=O)c3cc(-c4ccc(F)c(C)c4)n[nH]3)CC2)cc1. The van der Waals surface area contributed by atoms with Crippen molar-refractivity contribution in [2.75, 3.05) is 38.2 Å². The van der Waals surface area contributed by atoms with Crippen LogP contribution in [0.3, 0.4) is 0 Å². The third-order valence-corrected chi connectivity index (χ3v) is 5.27. The van der Waals surface area contributed by atoms with Crippen LogP contribution in [0.25, 0.3) is 11.3 Å². The van der Waals surface area contributed by atoms with Crippen molar-refractivity contribution in [3.63, 3.8) is 0 Å². The van der Waals surface area contributed by atoms with Crippen LogP contribution in [-0.2, 0) is 0 Å². The number of ether oxygens (including phenoxy) is 1. The quantitative estimate of drug-likeness (QED) is 0.736. The summed E-state index contributed by atoms with van der Waals surface area (Å²) in [6, 6.07) is 14.5. The normalized spacial score (nSPS) is 14.2. The fourth-order valence-corrected chi connectivity index (χ4v) is 3.51. The van der Waals surface area contributed by atoms with Crippen LogP contribution in [0.2, 0.25) is 0 Å². The molecule has 0 radical (unpaired) electrons. The molecule has 1 aromatic heterocycles. The van der Waals surface area contributed by atoms with Gasteiger partial charge in [-0.15, -0.1) is 0 Å². The molecule has 2 heterocycles. The first-order valence-corrected chi connectivity index (χ1v) is 9.55. The smallest absolute Gasteiger partial charge is 0.272 e. The predicted octanol–water partition coefficient (Wildman–Crippen LogP) is 3.50. The fraction of sp³-hybridized carbons (Fsp3) is 0.273. The van der Waals surface area contributed by atoms with E-state index in [0.29, 0.717) is 30.0 Å². The van der Waals surface area contributed by atoms with Crippen molar-refractivity contribution >= 4 is 11.6 Å². The molecular formula is C22H23FN4O2. The molecule has 3 aromatic rings. The molecule has 1 aliphatic rings. The second-order valence-corrected chi connectivity index (χ2v) is 7.11. The van der Waals surface area contributed by atoms with Crippen LogP contribution in [0.1, 0.15) is 16.1 Å². The van der Waals surface area contributed by atoms with Gasteiger partial charge < -0.3 is 14.5 Å². The summed E-state index contributed by atoms with van der Waals surface area (Å²) in [6.45, 7) is 4.50. The average molecular weight is 394 g/mol. The summed E-state index contributed by atoms with van der Waals surface area (Å²) in [5, 5.41) is 7.06. The molecule has 1 amide bonds. The summed E-state index contributed by atoms with van der Waals surface area (Å²) < 4.78 is 18.7. The predicted molar refractivity (Wildman–Crippen MR) is 110 cm³/mol.